The van der Waals surface area contributed by atoms with Gasteiger partial charge in [0.15, 0.2) is 11.5 Å². The number of rotatable bonds is 9. The summed E-state index contributed by atoms with van der Waals surface area (Å²) in [4.78, 5) is 27.5. The van der Waals surface area contributed by atoms with Crippen LogP contribution in [-0.4, -0.2) is 41.0 Å². The lowest BCUT2D eigenvalue weighted by Crippen LogP contribution is -2.32. The summed E-state index contributed by atoms with van der Waals surface area (Å²) in [5.41, 5.74) is 1.35. The van der Waals surface area contributed by atoms with E-state index in [1.807, 2.05) is 44.2 Å². The highest BCUT2D eigenvalue weighted by atomic mass is 35.5. The van der Waals surface area contributed by atoms with Crippen molar-refractivity contribution in [1.82, 2.24) is 4.90 Å². The van der Waals surface area contributed by atoms with Gasteiger partial charge in [0.25, 0.3) is 5.91 Å². The quantitative estimate of drug-likeness (QED) is 0.369. The Balaban J connectivity index is 1.94. The summed E-state index contributed by atoms with van der Waals surface area (Å²) in [6.07, 6.45) is 3.61. The number of ether oxygens (including phenoxy) is 1. The van der Waals surface area contributed by atoms with Crippen molar-refractivity contribution in [3.63, 3.8) is 0 Å². The molecule has 0 radical (unpaired) electrons. The summed E-state index contributed by atoms with van der Waals surface area (Å²) in [5.74, 6) is -1.63. The van der Waals surface area contributed by atoms with Gasteiger partial charge in [-0.1, -0.05) is 65.7 Å². The predicted octanol–water partition coefficient (Wildman–Crippen LogP) is 5.79. The van der Waals surface area contributed by atoms with Gasteiger partial charge < -0.3 is 14.7 Å². The van der Waals surface area contributed by atoms with Crippen LogP contribution in [0.3, 0.4) is 0 Å². The van der Waals surface area contributed by atoms with Gasteiger partial charge in [0.05, 0.1) is 17.7 Å². The summed E-state index contributed by atoms with van der Waals surface area (Å²) in [7, 11) is 0. The second-order valence-electron chi connectivity index (χ2n) is 7.71. The van der Waals surface area contributed by atoms with E-state index in [0.29, 0.717) is 35.2 Å². The molecule has 1 aliphatic rings. The zero-order valence-corrected chi connectivity index (χ0v) is 19.4. The first-order valence-electron chi connectivity index (χ1n) is 10.4. The number of allylic oxidation sites excluding steroid dienone is 1. The largest absolute Gasteiger partial charge is 0.503 e. The zero-order chi connectivity index (χ0) is 23.3. The maximum Gasteiger partial charge on any atom is 0.290 e. The third kappa shape index (κ3) is 5.60. The monoisotopic (exact) mass is 473 g/mol. The normalized spacial score (nSPS) is 16.6. The van der Waals surface area contributed by atoms with E-state index in [1.54, 1.807) is 24.3 Å². The molecule has 1 atom stereocenters. The number of amides is 1. The van der Waals surface area contributed by atoms with E-state index < -0.39 is 23.5 Å². The van der Waals surface area contributed by atoms with Crippen LogP contribution in [0.15, 0.2) is 65.9 Å². The Hall–Kier alpha value is -2.60. The van der Waals surface area contributed by atoms with Gasteiger partial charge in [0.1, 0.15) is 0 Å². The Kier molecular flexibility index (Phi) is 8.13. The highest BCUT2D eigenvalue weighted by Gasteiger charge is 2.43. The van der Waals surface area contributed by atoms with Crippen LogP contribution >= 0.6 is 23.2 Å². The number of hydrogen-bond acceptors (Lipinski definition) is 4. The molecule has 32 heavy (non-hydrogen) atoms. The molecule has 7 heteroatoms. The Morgan fingerprint density at radius 3 is 2.56 bits per heavy atom. The average molecular weight is 474 g/mol. The lowest BCUT2D eigenvalue weighted by molar-refractivity contribution is -0.129. The molecule has 5 nitrogen and oxygen atoms in total. The Bertz CT molecular complexity index is 1050. The van der Waals surface area contributed by atoms with Crippen LogP contribution in [0.5, 0.6) is 0 Å². The molecule has 0 bridgehead atoms. The van der Waals surface area contributed by atoms with Crippen LogP contribution in [0.25, 0.3) is 6.08 Å². The van der Waals surface area contributed by atoms with Crippen molar-refractivity contribution in [2.45, 2.75) is 32.4 Å². The number of ketones is 1. The SMILES string of the molecule is CC(C)OCCCN1C(=O)C(O)=C(C(=O)/C=C/c2ccccc2)[C@@H]1c1ccc(Cl)cc1Cl. The molecular formula is C25H25Cl2NO4. The molecule has 3 rings (SSSR count). The average Bonchev–Trinajstić information content (AvgIpc) is 3.00. The molecule has 1 aliphatic heterocycles. The first kappa shape index (κ1) is 24.1. The lowest BCUT2D eigenvalue weighted by Gasteiger charge is -2.27. The van der Waals surface area contributed by atoms with Gasteiger partial charge >= 0.3 is 0 Å². The summed E-state index contributed by atoms with van der Waals surface area (Å²) >= 11 is 12.5. The molecule has 0 fully saturated rings. The van der Waals surface area contributed by atoms with Crippen LogP contribution in [0, 0.1) is 0 Å². The minimum absolute atomic E-state index is 0.00354. The highest BCUT2D eigenvalue weighted by Crippen LogP contribution is 2.41. The molecule has 0 saturated heterocycles. The van der Waals surface area contributed by atoms with E-state index >= 15 is 0 Å². The maximum absolute atomic E-state index is 13.1. The third-order valence-electron chi connectivity index (χ3n) is 5.05. The standard InChI is InChI=1S/C25H25Cl2NO4/c1-16(2)32-14-6-13-28-23(19-11-10-18(26)15-20(19)27)22(24(30)25(28)31)21(29)12-9-17-7-4-3-5-8-17/h3-5,7-12,15-16,23,30H,6,13-14H2,1-2H3/b12-9+/t23-/m0/s1. The van der Waals surface area contributed by atoms with Crippen molar-refractivity contribution in [2.24, 2.45) is 0 Å². The fourth-order valence-electron chi connectivity index (χ4n) is 3.56. The first-order valence-corrected chi connectivity index (χ1v) is 11.1. The second kappa shape index (κ2) is 10.8. The van der Waals surface area contributed by atoms with Gasteiger partial charge in [-0.15, -0.1) is 0 Å². The number of benzene rings is 2. The van der Waals surface area contributed by atoms with Gasteiger partial charge in [-0.3, -0.25) is 9.59 Å². The zero-order valence-electron chi connectivity index (χ0n) is 17.9. The fraction of sp³-hybridized carbons (Fsp3) is 0.280. The number of nitrogens with zero attached hydrogens (tertiary/aromatic N) is 1. The van der Waals surface area contributed by atoms with Crippen LogP contribution in [0.1, 0.15) is 37.4 Å². The minimum Gasteiger partial charge on any atom is -0.503 e. The second-order valence-corrected chi connectivity index (χ2v) is 8.55. The van der Waals surface area contributed by atoms with Gasteiger partial charge in [-0.2, -0.15) is 0 Å². The summed E-state index contributed by atoms with van der Waals surface area (Å²) in [6, 6.07) is 13.4. The summed E-state index contributed by atoms with van der Waals surface area (Å²) in [6.45, 7) is 4.60. The first-order chi connectivity index (χ1) is 15.3. The predicted molar refractivity (Wildman–Crippen MR) is 127 cm³/mol. The third-order valence-corrected chi connectivity index (χ3v) is 5.61. The van der Waals surface area contributed by atoms with Gasteiger partial charge in [-0.25, -0.2) is 0 Å². The van der Waals surface area contributed by atoms with Crippen LogP contribution < -0.4 is 0 Å². The van der Waals surface area contributed by atoms with Crippen LogP contribution in [0.4, 0.5) is 0 Å². The molecule has 1 heterocycles. The number of hydrogen-bond donors (Lipinski definition) is 1. The molecule has 0 aromatic heterocycles. The molecule has 168 valence electrons. The Morgan fingerprint density at radius 1 is 1.19 bits per heavy atom. The lowest BCUT2D eigenvalue weighted by atomic mass is 9.95. The molecule has 1 N–H and O–H groups in total. The minimum atomic E-state index is -0.820. The Labute approximate surface area is 197 Å². The summed E-state index contributed by atoms with van der Waals surface area (Å²) < 4.78 is 5.57. The molecular weight excluding hydrogens is 449 g/mol. The number of carbonyl (C=O) groups is 2. The van der Waals surface area contributed by atoms with E-state index in [2.05, 4.69) is 0 Å². The molecule has 0 aliphatic carbocycles. The van der Waals surface area contributed by atoms with E-state index in [1.165, 1.54) is 11.0 Å². The van der Waals surface area contributed by atoms with Crippen molar-refractivity contribution in [3.05, 3.63) is 87.1 Å². The highest BCUT2D eigenvalue weighted by molar-refractivity contribution is 6.35. The molecule has 0 unspecified atom stereocenters. The van der Waals surface area contributed by atoms with Gasteiger partial charge in [-0.05, 0) is 49.6 Å². The fourth-order valence-corrected chi connectivity index (χ4v) is 4.07. The number of halogens is 2. The van der Waals surface area contributed by atoms with E-state index in [0.717, 1.165) is 5.56 Å². The van der Waals surface area contributed by atoms with Crippen molar-refractivity contribution < 1.29 is 19.4 Å². The van der Waals surface area contributed by atoms with Crippen LogP contribution in [0.2, 0.25) is 10.0 Å². The molecule has 0 saturated carbocycles. The maximum atomic E-state index is 13.1. The smallest absolute Gasteiger partial charge is 0.290 e. The number of aliphatic hydroxyl groups excluding tert-OH is 1. The van der Waals surface area contributed by atoms with Crippen molar-refractivity contribution in [1.29, 1.82) is 0 Å². The number of carbonyl (C=O) groups excluding carboxylic acids is 2. The van der Waals surface area contributed by atoms with E-state index in [4.69, 9.17) is 27.9 Å². The van der Waals surface area contributed by atoms with Gasteiger partial charge in [0.2, 0.25) is 0 Å². The molecule has 0 spiro atoms. The number of aliphatic hydroxyl groups is 1. The van der Waals surface area contributed by atoms with Crippen molar-refractivity contribution in [2.75, 3.05) is 13.2 Å². The van der Waals surface area contributed by atoms with Crippen molar-refractivity contribution in [3.8, 4) is 0 Å². The molecule has 1 amide bonds. The van der Waals surface area contributed by atoms with E-state index in [9.17, 15) is 14.7 Å². The van der Waals surface area contributed by atoms with Gasteiger partial charge in [0, 0.05) is 23.2 Å². The Morgan fingerprint density at radius 2 is 1.91 bits per heavy atom. The molecule has 2 aromatic carbocycles. The topological polar surface area (TPSA) is 66.8 Å². The molecule has 2 aromatic rings. The van der Waals surface area contributed by atoms with E-state index in [-0.39, 0.29) is 11.7 Å². The van der Waals surface area contributed by atoms with Crippen molar-refractivity contribution >= 4 is 41.0 Å². The van der Waals surface area contributed by atoms with Crippen LogP contribution in [-0.2, 0) is 14.3 Å². The summed E-state index contributed by atoms with van der Waals surface area (Å²) in [5, 5.41) is 11.4.